The largest absolute Gasteiger partial charge is 0.467 e. The van der Waals surface area contributed by atoms with Gasteiger partial charge in [0.05, 0.1) is 12.8 Å². The van der Waals surface area contributed by atoms with Gasteiger partial charge in [-0.3, -0.25) is 0 Å². The van der Waals surface area contributed by atoms with Crippen molar-refractivity contribution < 1.29 is 4.42 Å². The van der Waals surface area contributed by atoms with Crippen LogP contribution in [0.1, 0.15) is 18.2 Å². The molecule has 2 heterocycles. The molecule has 5 heteroatoms. The third-order valence-corrected chi connectivity index (χ3v) is 4.64. The van der Waals surface area contributed by atoms with Crippen LogP contribution in [0.15, 0.2) is 47.1 Å². The van der Waals surface area contributed by atoms with E-state index in [0.717, 1.165) is 30.5 Å². The molecule has 1 aromatic carbocycles. The molecule has 1 aliphatic rings. The predicted octanol–water partition coefficient (Wildman–Crippen LogP) is 3.17. The average Bonchev–Trinajstić information content (AvgIpc) is 3.06. The van der Waals surface area contributed by atoms with Gasteiger partial charge in [0.1, 0.15) is 5.76 Å². The first-order valence-electron chi connectivity index (χ1n) is 8.02. The lowest BCUT2D eigenvalue weighted by molar-refractivity contribution is 0.332. The SMILES string of the molecule is Cc1cccc(N2CCN(C(=S)NCc3ccco3)CC2C)c1. The third kappa shape index (κ3) is 3.85. The second kappa shape index (κ2) is 7.04. The second-order valence-corrected chi connectivity index (χ2v) is 6.45. The summed E-state index contributed by atoms with van der Waals surface area (Å²) in [4.78, 5) is 4.70. The topological polar surface area (TPSA) is 31.6 Å². The number of nitrogens with zero attached hydrogens (tertiary/aromatic N) is 2. The number of furan rings is 1. The summed E-state index contributed by atoms with van der Waals surface area (Å²) in [5, 5.41) is 4.09. The zero-order valence-corrected chi connectivity index (χ0v) is 14.5. The highest BCUT2D eigenvalue weighted by Crippen LogP contribution is 2.21. The van der Waals surface area contributed by atoms with Crippen molar-refractivity contribution >= 4 is 23.0 Å². The molecule has 2 aromatic rings. The van der Waals surface area contributed by atoms with Crippen molar-refractivity contribution in [3.63, 3.8) is 0 Å². The van der Waals surface area contributed by atoms with Gasteiger partial charge in [-0.15, -0.1) is 0 Å². The second-order valence-electron chi connectivity index (χ2n) is 6.07. The van der Waals surface area contributed by atoms with Gasteiger partial charge in [-0.05, 0) is 55.9 Å². The summed E-state index contributed by atoms with van der Waals surface area (Å²) >= 11 is 5.53. The number of piperazine rings is 1. The molecule has 0 aliphatic carbocycles. The van der Waals surface area contributed by atoms with E-state index in [4.69, 9.17) is 16.6 Å². The standard InChI is InChI=1S/C18H23N3OS/c1-14-5-3-6-16(11-14)21-9-8-20(13-15(21)2)18(23)19-12-17-7-4-10-22-17/h3-7,10-11,15H,8-9,12-13H2,1-2H3,(H,19,23). The molecular formula is C18H23N3OS. The maximum Gasteiger partial charge on any atom is 0.169 e. The van der Waals surface area contributed by atoms with Crippen molar-refractivity contribution in [1.29, 1.82) is 0 Å². The zero-order valence-electron chi connectivity index (χ0n) is 13.7. The van der Waals surface area contributed by atoms with Crippen molar-refractivity contribution in [3.05, 3.63) is 54.0 Å². The van der Waals surface area contributed by atoms with Gasteiger partial charge in [0.25, 0.3) is 0 Å². The maximum absolute atomic E-state index is 5.53. The van der Waals surface area contributed by atoms with Crippen molar-refractivity contribution in [3.8, 4) is 0 Å². The Kier molecular flexibility index (Phi) is 4.86. The Morgan fingerprint density at radius 1 is 1.30 bits per heavy atom. The Morgan fingerprint density at radius 2 is 2.17 bits per heavy atom. The molecular weight excluding hydrogens is 306 g/mol. The molecule has 1 saturated heterocycles. The molecule has 23 heavy (non-hydrogen) atoms. The molecule has 1 aromatic heterocycles. The van der Waals surface area contributed by atoms with E-state index in [0.29, 0.717) is 12.6 Å². The van der Waals surface area contributed by atoms with Crippen LogP contribution >= 0.6 is 12.2 Å². The lowest BCUT2D eigenvalue weighted by Gasteiger charge is -2.42. The average molecular weight is 329 g/mol. The van der Waals surface area contributed by atoms with E-state index >= 15 is 0 Å². The van der Waals surface area contributed by atoms with Crippen LogP contribution in [0.4, 0.5) is 5.69 Å². The van der Waals surface area contributed by atoms with Gasteiger partial charge in [-0.1, -0.05) is 12.1 Å². The van der Waals surface area contributed by atoms with E-state index in [-0.39, 0.29) is 0 Å². The first-order chi connectivity index (χ1) is 11.1. The Bertz CT molecular complexity index is 656. The highest BCUT2D eigenvalue weighted by atomic mass is 32.1. The number of hydrogen-bond acceptors (Lipinski definition) is 3. The Morgan fingerprint density at radius 3 is 2.87 bits per heavy atom. The number of thiocarbonyl (C=S) groups is 1. The molecule has 0 bridgehead atoms. The van der Waals surface area contributed by atoms with Gasteiger partial charge in [-0.2, -0.15) is 0 Å². The Hall–Kier alpha value is -2.01. The first kappa shape index (κ1) is 15.9. The quantitative estimate of drug-likeness (QED) is 0.874. The normalized spacial score (nSPS) is 18.1. The molecule has 1 fully saturated rings. The molecule has 0 spiro atoms. The molecule has 3 rings (SSSR count). The molecule has 4 nitrogen and oxygen atoms in total. The van der Waals surface area contributed by atoms with Crippen molar-refractivity contribution in [2.45, 2.75) is 26.4 Å². The number of rotatable bonds is 3. The zero-order chi connectivity index (χ0) is 16.2. The van der Waals surface area contributed by atoms with Gasteiger partial charge in [0, 0.05) is 31.4 Å². The molecule has 122 valence electrons. The number of hydrogen-bond donors (Lipinski definition) is 1. The third-order valence-electron chi connectivity index (χ3n) is 4.24. The highest BCUT2D eigenvalue weighted by Gasteiger charge is 2.25. The van der Waals surface area contributed by atoms with Gasteiger partial charge in [-0.25, -0.2) is 0 Å². The molecule has 1 unspecified atom stereocenters. The van der Waals surface area contributed by atoms with E-state index in [2.05, 4.69) is 53.2 Å². The summed E-state index contributed by atoms with van der Waals surface area (Å²) in [6.45, 7) is 7.87. The van der Waals surface area contributed by atoms with Crippen LogP contribution in [0.25, 0.3) is 0 Å². The van der Waals surface area contributed by atoms with E-state index in [1.807, 2.05) is 12.1 Å². The van der Waals surface area contributed by atoms with Crippen molar-refractivity contribution in [2.24, 2.45) is 0 Å². The fraction of sp³-hybridized carbons (Fsp3) is 0.389. The minimum atomic E-state index is 0.425. The minimum Gasteiger partial charge on any atom is -0.467 e. The summed E-state index contributed by atoms with van der Waals surface area (Å²) < 4.78 is 5.33. The predicted molar refractivity (Wildman–Crippen MR) is 97.7 cm³/mol. The smallest absolute Gasteiger partial charge is 0.169 e. The fourth-order valence-corrected chi connectivity index (χ4v) is 3.26. The number of aryl methyl sites for hydroxylation is 1. The number of benzene rings is 1. The van der Waals surface area contributed by atoms with E-state index in [9.17, 15) is 0 Å². The summed E-state index contributed by atoms with van der Waals surface area (Å²) in [6.07, 6.45) is 1.68. The van der Waals surface area contributed by atoms with E-state index in [1.54, 1.807) is 6.26 Å². The van der Waals surface area contributed by atoms with Gasteiger partial charge in [0.15, 0.2) is 5.11 Å². The summed E-state index contributed by atoms with van der Waals surface area (Å²) in [5.41, 5.74) is 2.60. The van der Waals surface area contributed by atoms with Crippen LogP contribution in [-0.2, 0) is 6.54 Å². The molecule has 1 atom stereocenters. The lowest BCUT2D eigenvalue weighted by Crippen LogP contribution is -2.55. The first-order valence-corrected chi connectivity index (χ1v) is 8.43. The monoisotopic (exact) mass is 329 g/mol. The fourth-order valence-electron chi connectivity index (χ4n) is 3.02. The van der Waals surface area contributed by atoms with Crippen LogP contribution in [0.2, 0.25) is 0 Å². The van der Waals surface area contributed by atoms with Crippen molar-refractivity contribution in [2.75, 3.05) is 24.5 Å². The maximum atomic E-state index is 5.53. The number of nitrogens with one attached hydrogen (secondary N) is 1. The molecule has 0 amide bonds. The lowest BCUT2D eigenvalue weighted by atomic mass is 10.1. The van der Waals surface area contributed by atoms with E-state index in [1.165, 1.54) is 11.3 Å². The van der Waals surface area contributed by atoms with Gasteiger partial charge < -0.3 is 19.5 Å². The summed E-state index contributed by atoms with van der Waals surface area (Å²) in [6, 6.07) is 13.0. The van der Waals surface area contributed by atoms with E-state index < -0.39 is 0 Å². The highest BCUT2D eigenvalue weighted by molar-refractivity contribution is 7.80. The van der Waals surface area contributed by atoms with Crippen LogP contribution in [0.5, 0.6) is 0 Å². The minimum absolute atomic E-state index is 0.425. The molecule has 0 radical (unpaired) electrons. The Labute approximate surface area is 143 Å². The number of anilines is 1. The molecule has 1 aliphatic heterocycles. The van der Waals surface area contributed by atoms with Crippen molar-refractivity contribution in [1.82, 2.24) is 10.2 Å². The Balaban J connectivity index is 1.56. The van der Waals surface area contributed by atoms with Gasteiger partial charge in [0.2, 0.25) is 0 Å². The molecule has 0 saturated carbocycles. The summed E-state index contributed by atoms with van der Waals surface area (Å²) in [7, 11) is 0. The van der Waals surface area contributed by atoms with Crippen LogP contribution in [-0.4, -0.2) is 35.7 Å². The van der Waals surface area contributed by atoms with Crippen LogP contribution < -0.4 is 10.2 Å². The van der Waals surface area contributed by atoms with Crippen LogP contribution in [0.3, 0.4) is 0 Å². The van der Waals surface area contributed by atoms with Gasteiger partial charge >= 0.3 is 0 Å². The van der Waals surface area contributed by atoms with Crippen LogP contribution in [0, 0.1) is 6.92 Å². The summed E-state index contributed by atoms with van der Waals surface area (Å²) in [5.74, 6) is 0.902. The molecule has 1 N–H and O–H groups in total.